The predicted octanol–water partition coefficient (Wildman–Crippen LogP) is 0.358. The highest BCUT2D eigenvalue weighted by molar-refractivity contribution is 7.13. The highest BCUT2D eigenvalue weighted by atomic mass is 32.1. The molecule has 2 aromatic rings. The van der Waals surface area contributed by atoms with Crippen LogP contribution in [0.25, 0.3) is 10.6 Å². The summed E-state index contributed by atoms with van der Waals surface area (Å²) in [5.41, 5.74) is 0.380. The van der Waals surface area contributed by atoms with Crippen molar-refractivity contribution in [2.24, 2.45) is 7.05 Å². The molecule has 0 aliphatic carbocycles. The van der Waals surface area contributed by atoms with E-state index >= 15 is 0 Å². The Kier molecular flexibility index (Phi) is 3.57. The first-order chi connectivity index (χ1) is 12.0. The van der Waals surface area contributed by atoms with Crippen molar-refractivity contribution >= 4 is 29.2 Å². The van der Waals surface area contributed by atoms with Crippen LogP contribution >= 0.6 is 11.3 Å². The van der Waals surface area contributed by atoms with Gasteiger partial charge in [-0.05, 0) is 12.8 Å². The third-order valence-electron chi connectivity index (χ3n) is 4.59. The van der Waals surface area contributed by atoms with Gasteiger partial charge in [-0.25, -0.2) is 9.78 Å². The molecule has 2 fully saturated rings. The van der Waals surface area contributed by atoms with Gasteiger partial charge in [0.1, 0.15) is 16.2 Å². The molecular weight excluding hydrogens is 344 g/mol. The summed E-state index contributed by atoms with van der Waals surface area (Å²) in [6.07, 6.45) is 4.35. The molecule has 25 heavy (non-hydrogen) atoms. The van der Waals surface area contributed by atoms with Crippen molar-refractivity contribution in [2.45, 2.75) is 18.4 Å². The van der Waals surface area contributed by atoms with Gasteiger partial charge in [0.15, 0.2) is 0 Å². The lowest BCUT2D eigenvalue weighted by molar-refractivity contribution is -0.125. The zero-order chi connectivity index (χ0) is 17.6. The molecular formula is C15H16N6O3S. The summed E-state index contributed by atoms with van der Waals surface area (Å²) >= 11 is 1.39. The molecule has 2 aliphatic rings. The van der Waals surface area contributed by atoms with Crippen molar-refractivity contribution < 1.29 is 14.4 Å². The summed E-state index contributed by atoms with van der Waals surface area (Å²) in [5.74, 6) is -0.469. The number of aromatic nitrogens is 3. The van der Waals surface area contributed by atoms with Crippen LogP contribution < -0.4 is 10.6 Å². The number of piperidine rings is 1. The number of amides is 4. The van der Waals surface area contributed by atoms with E-state index in [2.05, 4.69) is 20.7 Å². The van der Waals surface area contributed by atoms with Crippen LogP contribution in [0.1, 0.15) is 23.3 Å². The molecule has 2 saturated heterocycles. The van der Waals surface area contributed by atoms with Crippen molar-refractivity contribution in [3.8, 4) is 10.6 Å². The van der Waals surface area contributed by atoms with Crippen LogP contribution in [-0.2, 0) is 11.8 Å². The monoisotopic (exact) mass is 360 g/mol. The number of carbonyl (C=O) groups excluding carboxylic acids is 3. The molecule has 2 N–H and O–H groups in total. The molecule has 9 nitrogen and oxygen atoms in total. The van der Waals surface area contributed by atoms with E-state index in [4.69, 9.17) is 0 Å². The molecule has 0 saturated carbocycles. The molecule has 1 spiro atoms. The van der Waals surface area contributed by atoms with Gasteiger partial charge >= 0.3 is 6.03 Å². The van der Waals surface area contributed by atoms with E-state index in [0.29, 0.717) is 31.6 Å². The maximum absolute atomic E-state index is 12.7. The maximum Gasteiger partial charge on any atom is 0.322 e. The van der Waals surface area contributed by atoms with Crippen molar-refractivity contribution in [3.05, 3.63) is 23.5 Å². The Balaban J connectivity index is 1.45. The number of aryl methyl sites for hydroxylation is 1. The van der Waals surface area contributed by atoms with E-state index in [-0.39, 0.29) is 11.8 Å². The molecule has 0 unspecified atom stereocenters. The second-order valence-electron chi connectivity index (χ2n) is 6.22. The lowest BCUT2D eigenvalue weighted by Gasteiger charge is -2.36. The van der Waals surface area contributed by atoms with E-state index < -0.39 is 11.6 Å². The lowest BCUT2D eigenvalue weighted by atomic mass is 9.87. The number of imide groups is 1. The summed E-state index contributed by atoms with van der Waals surface area (Å²) in [6.45, 7) is 0.790. The van der Waals surface area contributed by atoms with Gasteiger partial charge in [-0.2, -0.15) is 5.10 Å². The maximum atomic E-state index is 12.7. The number of nitrogens with zero attached hydrogens (tertiary/aromatic N) is 4. The Morgan fingerprint density at radius 3 is 2.68 bits per heavy atom. The summed E-state index contributed by atoms with van der Waals surface area (Å²) in [5, 5.41) is 11.5. The highest BCUT2D eigenvalue weighted by Crippen LogP contribution is 2.28. The Hall–Kier alpha value is -2.75. The van der Waals surface area contributed by atoms with E-state index in [9.17, 15) is 14.4 Å². The number of hydrogen-bond acceptors (Lipinski definition) is 6. The molecule has 4 amide bonds. The number of rotatable bonds is 2. The molecule has 0 atom stereocenters. The van der Waals surface area contributed by atoms with E-state index in [1.54, 1.807) is 21.2 Å². The zero-order valence-corrected chi connectivity index (χ0v) is 14.3. The number of likely N-dealkylation sites (tertiary alicyclic amines) is 1. The second-order valence-corrected chi connectivity index (χ2v) is 7.08. The third kappa shape index (κ3) is 2.68. The number of hydrogen-bond donors (Lipinski definition) is 2. The van der Waals surface area contributed by atoms with Crippen LogP contribution in [0.3, 0.4) is 0 Å². The van der Waals surface area contributed by atoms with Crippen LogP contribution in [0.5, 0.6) is 0 Å². The van der Waals surface area contributed by atoms with Crippen molar-refractivity contribution in [2.75, 3.05) is 13.1 Å². The smallest absolute Gasteiger partial charge is 0.322 e. The molecule has 2 aliphatic heterocycles. The SMILES string of the molecule is Cn1cc(-c2nc(C(=O)N3CCC4(CC3)NC(=O)NC4=O)cs2)cn1. The number of thiazole rings is 1. The predicted molar refractivity (Wildman–Crippen MR) is 88.9 cm³/mol. The van der Waals surface area contributed by atoms with Gasteiger partial charge in [-0.1, -0.05) is 0 Å². The molecule has 0 radical (unpaired) electrons. The van der Waals surface area contributed by atoms with Gasteiger partial charge < -0.3 is 10.2 Å². The van der Waals surface area contributed by atoms with Gasteiger partial charge in [-0.15, -0.1) is 11.3 Å². The minimum atomic E-state index is -0.878. The average Bonchev–Trinajstić information content (AvgIpc) is 3.28. The van der Waals surface area contributed by atoms with Crippen LogP contribution in [-0.4, -0.2) is 56.1 Å². The second kappa shape index (κ2) is 5.66. The van der Waals surface area contributed by atoms with Crippen LogP contribution in [0.2, 0.25) is 0 Å². The first-order valence-electron chi connectivity index (χ1n) is 7.84. The van der Waals surface area contributed by atoms with Crippen molar-refractivity contribution in [3.63, 3.8) is 0 Å². The molecule has 0 aromatic carbocycles. The fourth-order valence-corrected chi connectivity index (χ4v) is 3.94. The van der Waals surface area contributed by atoms with Crippen LogP contribution in [0, 0.1) is 0 Å². The van der Waals surface area contributed by atoms with E-state index in [1.807, 2.05) is 13.2 Å². The summed E-state index contributed by atoms with van der Waals surface area (Å²) < 4.78 is 1.68. The van der Waals surface area contributed by atoms with Crippen LogP contribution in [0.4, 0.5) is 4.79 Å². The Labute approximate surface area is 147 Å². The molecule has 0 bridgehead atoms. The Morgan fingerprint density at radius 2 is 2.08 bits per heavy atom. The fraction of sp³-hybridized carbons (Fsp3) is 0.400. The number of nitrogens with one attached hydrogen (secondary N) is 2. The fourth-order valence-electron chi connectivity index (χ4n) is 3.17. The van der Waals surface area contributed by atoms with E-state index in [0.717, 1.165) is 10.6 Å². The van der Waals surface area contributed by atoms with Gasteiger partial charge in [0.25, 0.3) is 11.8 Å². The normalized spacial score (nSPS) is 19.2. The van der Waals surface area contributed by atoms with Crippen molar-refractivity contribution in [1.82, 2.24) is 30.3 Å². The molecule has 2 aromatic heterocycles. The summed E-state index contributed by atoms with van der Waals surface area (Å²) in [4.78, 5) is 42.1. The standard InChI is InChI=1S/C15H16N6O3S/c1-20-7-9(6-16-20)11-17-10(8-25-11)12(22)21-4-2-15(3-5-21)13(23)18-14(24)19-15/h6-8H,2-5H2,1H3,(H2,18,19,23,24). The topological polar surface area (TPSA) is 109 Å². The zero-order valence-electron chi connectivity index (χ0n) is 13.5. The van der Waals surface area contributed by atoms with Gasteiger partial charge in [-0.3, -0.25) is 19.6 Å². The first kappa shape index (κ1) is 15.8. The van der Waals surface area contributed by atoms with Crippen molar-refractivity contribution in [1.29, 1.82) is 0 Å². The largest absolute Gasteiger partial charge is 0.337 e. The summed E-state index contributed by atoms with van der Waals surface area (Å²) in [7, 11) is 1.82. The molecule has 130 valence electrons. The van der Waals surface area contributed by atoms with E-state index in [1.165, 1.54) is 11.3 Å². The van der Waals surface area contributed by atoms with Gasteiger partial charge in [0.2, 0.25) is 0 Å². The highest BCUT2D eigenvalue weighted by Gasteiger charge is 2.48. The number of carbonyl (C=O) groups is 3. The number of urea groups is 1. The first-order valence-corrected chi connectivity index (χ1v) is 8.72. The Morgan fingerprint density at radius 1 is 1.32 bits per heavy atom. The molecule has 4 rings (SSSR count). The average molecular weight is 360 g/mol. The van der Waals surface area contributed by atoms with Crippen LogP contribution in [0.15, 0.2) is 17.8 Å². The minimum Gasteiger partial charge on any atom is -0.337 e. The quantitative estimate of drug-likeness (QED) is 0.752. The third-order valence-corrected chi connectivity index (χ3v) is 5.49. The Bertz CT molecular complexity index is 864. The molecule has 10 heteroatoms. The minimum absolute atomic E-state index is 0.161. The lowest BCUT2D eigenvalue weighted by Crippen LogP contribution is -2.55. The van der Waals surface area contributed by atoms with Gasteiger partial charge in [0, 0.05) is 37.3 Å². The molecule has 4 heterocycles. The summed E-state index contributed by atoms with van der Waals surface area (Å²) in [6, 6.07) is -0.467. The van der Waals surface area contributed by atoms with Gasteiger partial charge in [0.05, 0.1) is 6.20 Å².